The number of carboxylic acids is 1. The van der Waals surface area contributed by atoms with Crippen molar-refractivity contribution in [1.29, 1.82) is 0 Å². The van der Waals surface area contributed by atoms with Crippen LogP contribution in [0.1, 0.15) is 41.6 Å². The second-order valence-electron chi connectivity index (χ2n) is 9.54. The average molecular weight is 581 g/mol. The number of rotatable bonds is 10. The highest BCUT2D eigenvalue weighted by Gasteiger charge is 2.42. The third-order valence-corrected chi connectivity index (χ3v) is 8.62. The fourth-order valence-corrected chi connectivity index (χ4v) is 6.33. The molecule has 2 heterocycles. The molecule has 0 spiro atoms. The standard InChI is InChI=1S/C28H28N4O6S2/c33-24(34)13-12-23-32(28(37)38-14-17-4-2-1-3-5-17)22(16-39-23)26(36)31-27-30-21(15-40-27)18-6-8-19(9-7-18)25(35)29-20-10-11-20/h1-9,15,20,22-23H,10-14,16H2,(H,29,35)(H,33,34)(H,30,31,36)/t22-,23?/m0/s1. The monoisotopic (exact) mass is 580 g/mol. The normalized spacial score (nSPS) is 18.2. The van der Waals surface area contributed by atoms with E-state index in [-0.39, 0.29) is 31.4 Å². The van der Waals surface area contributed by atoms with Crippen LogP contribution in [-0.2, 0) is 20.9 Å². The molecule has 1 saturated heterocycles. The predicted molar refractivity (Wildman–Crippen MR) is 152 cm³/mol. The molecule has 3 N–H and O–H groups in total. The topological polar surface area (TPSA) is 138 Å². The summed E-state index contributed by atoms with van der Waals surface area (Å²) in [5.41, 5.74) is 2.83. The number of thiazole rings is 1. The first kappa shape index (κ1) is 27.7. The number of carbonyl (C=O) groups is 4. The van der Waals surface area contributed by atoms with Gasteiger partial charge in [-0.3, -0.25) is 19.3 Å². The molecule has 1 saturated carbocycles. The Balaban J connectivity index is 1.23. The van der Waals surface area contributed by atoms with Crippen molar-refractivity contribution < 1.29 is 29.0 Å². The lowest BCUT2D eigenvalue weighted by atomic mass is 10.1. The van der Waals surface area contributed by atoms with E-state index in [1.165, 1.54) is 28.0 Å². The molecule has 3 amide bonds. The molecule has 5 rings (SSSR count). The van der Waals surface area contributed by atoms with Gasteiger partial charge in [0.05, 0.1) is 11.1 Å². The Morgan fingerprint density at radius 2 is 1.80 bits per heavy atom. The van der Waals surface area contributed by atoms with Gasteiger partial charge in [-0.2, -0.15) is 0 Å². The van der Waals surface area contributed by atoms with Gasteiger partial charge in [-0.1, -0.05) is 42.5 Å². The lowest BCUT2D eigenvalue weighted by Gasteiger charge is -2.27. The maximum absolute atomic E-state index is 13.3. The molecule has 208 valence electrons. The van der Waals surface area contributed by atoms with Gasteiger partial charge in [-0.25, -0.2) is 9.78 Å². The van der Waals surface area contributed by atoms with E-state index < -0.39 is 29.4 Å². The van der Waals surface area contributed by atoms with E-state index in [1.807, 2.05) is 42.5 Å². The summed E-state index contributed by atoms with van der Waals surface area (Å²) in [6, 6.07) is 15.7. The first-order chi connectivity index (χ1) is 19.4. The zero-order valence-corrected chi connectivity index (χ0v) is 23.1. The van der Waals surface area contributed by atoms with Crippen LogP contribution in [0.25, 0.3) is 11.3 Å². The molecule has 2 fully saturated rings. The summed E-state index contributed by atoms with van der Waals surface area (Å²) in [7, 11) is 0. The Kier molecular flexibility index (Phi) is 8.66. The number of benzene rings is 2. The SMILES string of the molecule is O=C(O)CCC1SC[C@@H](C(=O)Nc2nc(-c3ccc(C(=O)NC4CC4)cc3)cs2)N1C(=O)OCc1ccccc1. The molecule has 0 radical (unpaired) electrons. The Morgan fingerprint density at radius 3 is 2.50 bits per heavy atom. The Morgan fingerprint density at radius 1 is 1.05 bits per heavy atom. The smallest absolute Gasteiger partial charge is 0.411 e. The van der Waals surface area contributed by atoms with E-state index in [4.69, 9.17) is 9.84 Å². The number of hydrogen-bond acceptors (Lipinski definition) is 8. The van der Waals surface area contributed by atoms with Crippen molar-refractivity contribution in [2.24, 2.45) is 0 Å². The van der Waals surface area contributed by atoms with Crippen molar-refractivity contribution in [3.63, 3.8) is 0 Å². The van der Waals surface area contributed by atoms with E-state index in [2.05, 4.69) is 15.6 Å². The largest absolute Gasteiger partial charge is 0.481 e. The zero-order chi connectivity index (χ0) is 28.1. The molecule has 1 aliphatic heterocycles. The maximum atomic E-state index is 13.3. The molecule has 12 heteroatoms. The van der Waals surface area contributed by atoms with Gasteiger partial charge in [-0.05, 0) is 37.0 Å². The van der Waals surface area contributed by atoms with Crippen molar-refractivity contribution in [2.45, 2.75) is 49.7 Å². The summed E-state index contributed by atoms with van der Waals surface area (Å²) < 4.78 is 5.50. The zero-order valence-electron chi connectivity index (χ0n) is 21.4. The van der Waals surface area contributed by atoms with Gasteiger partial charge in [-0.15, -0.1) is 23.1 Å². The van der Waals surface area contributed by atoms with Crippen molar-refractivity contribution in [3.8, 4) is 11.3 Å². The minimum atomic E-state index is -0.974. The van der Waals surface area contributed by atoms with Crippen molar-refractivity contribution >= 4 is 52.1 Å². The highest BCUT2D eigenvalue weighted by molar-refractivity contribution is 8.00. The number of hydrogen-bond donors (Lipinski definition) is 3. The second kappa shape index (κ2) is 12.5. The lowest BCUT2D eigenvalue weighted by molar-refractivity contribution is -0.137. The van der Waals surface area contributed by atoms with E-state index in [0.29, 0.717) is 22.1 Å². The quantitative estimate of drug-likeness (QED) is 0.317. The summed E-state index contributed by atoms with van der Waals surface area (Å²) in [6.45, 7) is 0.0394. The van der Waals surface area contributed by atoms with Crippen molar-refractivity contribution in [3.05, 3.63) is 71.1 Å². The molecule has 2 aromatic carbocycles. The number of ether oxygens (including phenoxy) is 1. The molecule has 1 unspecified atom stereocenters. The van der Waals surface area contributed by atoms with Crippen LogP contribution in [0.5, 0.6) is 0 Å². The predicted octanol–water partition coefficient (Wildman–Crippen LogP) is 4.59. The van der Waals surface area contributed by atoms with Crippen LogP contribution in [0.3, 0.4) is 0 Å². The highest BCUT2D eigenvalue weighted by atomic mass is 32.2. The molecule has 3 aromatic rings. The number of aromatic nitrogens is 1. The summed E-state index contributed by atoms with van der Waals surface area (Å²) in [5, 5.41) is 16.6. The van der Waals surface area contributed by atoms with Crippen LogP contribution in [-0.4, -0.2) is 62.1 Å². The minimum Gasteiger partial charge on any atom is -0.481 e. The van der Waals surface area contributed by atoms with Gasteiger partial charge in [0.1, 0.15) is 12.6 Å². The van der Waals surface area contributed by atoms with Crippen LogP contribution >= 0.6 is 23.1 Å². The molecular weight excluding hydrogens is 552 g/mol. The first-order valence-electron chi connectivity index (χ1n) is 12.9. The number of aliphatic carboxylic acids is 1. The average Bonchev–Trinajstić information content (AvgIpc) is 3.47. The third-order valence-electron chi connectivity index (χ3n) is 6.51. The Hall–Kier alpha value is -3.90. The molecule has 10 nitrogen and oxygen atoms in total. The van der Waals surface area contributed by atoms with Crippen molar-refractivity contribution in [2.75, 3.05) is 11.1 Å². The molecule has 0 bridgehead atoms. The summed E-state index contributed by atoms with van der Waals surface area (Å²) >= 11 is 2.60. The lowest BCUT2D eigenvalue weighted by Crippen LogP contribution is -2.48. The number of thioether (sulfide) groups is 1. The Bertz CT molecular complexity index is 1380. The Labute approximate surface area is 239 Å². The number of nitrogens with zero attached hydrogens (tertiary/aromatic N) is 2. The fourth-order valence-electron chi connectivity index (χ4n) is 4.21. The van der Waals surface area contributed by atoms with Gasteiger partial charge in [0.25, 0.3) is 5.91 Å². The number of nitrogens with one attached hydrogen (secondary N) is 2. The number of anilines is 1. The molecule has 2 aliphatic rings. The summed E-state index contributed by atoms with van der Waals surface area (Å²) in [5.74, 6) is -1.18. The highest BCUT2D eigenvalue weighted by Crippen LogP contribution is 2.34. The second-order valence-corrected chi connectivity index (χ2v) is 11.6. The van der Waals surface area contributed by atoms with Crippen LogP contribution in [0.4, 0.5) is 9.93 Å². The van der Waals surface area contributed by atoms with Gasteiger partial charge in [0.15, 0.2) is 5.13 Å². The summed E-state index contributed by atoms with van der Waals surface area (Å²) in [6.07, 6.45) is 1.43. The molecule has 1 aromatic heterocycles. The van der Waals surface area contributed by atoms with Crippen LogP contribution in [0.2, 0.25) is 0 Å². The molecule has 2 atom stereocenters. The van der Waals surface area contributed by atoms with Crippen LogP contribution in [0.15, 0.2) is 60.0 Å². The molecule has 1 aliphatic carbocycles. The maximum Gasteiger partial charge on any atom is 0.411 e. The van der Waals surface area contributed by atoms with Crippen LogP contribution in [0, 0.1) is 0 Å². The van der Waals surface area contributed by atoms with Gasteiger partial charge >= 0.3 is 12.1 Å². The van der Waals surface area contributed by atoms with Gasteiger partial charge < -0.3 is 20.5 Å². The minimum absolute atomic E-state index is 0.0394. The fraction of sp³-hybridized carbons (Fsp3) is 0.321. The molecule has 40 heavy (non-hydrogen) atoms. The molecular formula is C28H28N4O6S2. The number of carbonyl (C=O) groups excluding carboxylic acids is 3. The van der Waals surface area contributed by atoms with Gasteiger partial charge in [0.2, 0.25) is 5.91 Å². The van der Waals surface area contributed by atoms with Crippen LogP contribution < -0.4 is 10.6 Å². The number of carboxylic acid groups (broad SMARTS) is 1. The number of amides is 3. The summed E-state index contributed by atoms with van der Waals surface area (Å²) in [4.78, 5) is 55.6. The van der Waals surface area contributed by atoms with E-state index in [9.17, 15) is 19.2 Å². The van der Waals surface area contributed by atoms with E-state index in [1.54, 1.807) is 17.5 Å². The first-order valence-corrected chi connectivity index (χ1v) is 14.8. The van der Waals surface area contributed by atoms with Crippen molar-refractivity contribution in [1.82, 2.24) is 15.2 Å². The van der Waals surface area contributed by atoms with Gasteiger partial charge in [0, 0.05) is 34.7 Å². The third kappa shape index (κ3) is 6.99. The van der Waals surface area contributed by atoms with E-state index >= 15 is 0 Å². The van der Waals surface area contributed by atoms with E-state index in [0.717, 1.165) is 24.0 Å².